The summed E-state index contributed by atoms with van der Waals surface area (Å²) in [6.07, 6.45) is 0. The van der Waals surface area contributed by atoms with E-state index in [-0.39, 0.29) is 0 Å². The molecule has 0 aromatic rings. The SMILES string of the molecule is NCC(I)=C(Br)I. The van der Waals surface area contributed by atoms with Gasteiger partial charge in [-0.3, -0.25) is 0 Å². The Balaban J connectivity index is 3.72. The Hall–Kier alpha value is 1.64. The van der Waals surface area contributed by atoms with Gasteiger partial charge in [-0.1, -0.05) is 0 Å². The molecule has 0 radical (unpaired) electrons. The molecule has 0 rings (SSSR count). The minimum atomic E-state index is 0.629. The first kappa shape index (κ1) is 8.64. The fraction of sp³-hybridized carbons (Fsp3) is 0.333. The molecule has 42 valence electrons. The first-order valence-electron chi connectivity index (χ1n) is 1.58. The minimum Gasteiger partial charge on any atom is -0.326 e. The van der Waals surface area contributed by atoms with Crippen LogP contribution in [0.25, 0.3) is 0 Å². The van der Waals surface area contributed by atoms with Crippen molar-refractivity contribution in [2.75, 3.05) is 6.54 Å². The largest absolute Gasteiger partial charge is 0.326 e. The van der Waals surface area contributed by atoms with Crippen LogP contribution in [0, 0.1) is 0 Å². The van der Waals surface area contributed by atoms with Crippen LogP contribution in [0.5, 0.6) is 0 Å². The van der Waals surface area contributed by atoms with E-state index in [1.807, 2.05) is 0 Å². The van der Waals surface area contributed by atoms with Gasteiger partial charge in [-0.2, -0.15) is 0 Å². The van der Waals surface area contributed by atoms with Crippen molar-refractivity contribution >= 4 is 61.1 Å². The Morgan fingerprint density at radius 2 is 2.00 bits per heavy atom. The summed E-state index contributed by atoms with van der Waals surface area (Å²) in [5.74, 6) is 0. The Labute approximate surface area is 78.5 Å². The first-order chi connectivity index (χ1) is 3.18. The molecule has 0 bridgehead atoms. The molecular formula is C3H4BrI2N. The molecule has 0 saturated heterocycles. The van der Waals surface area contributed by atoms with Crippen molar-refractivity contribution in [2.45, 2.75) is 0 Å². The van der Waals surface area contributed by atoms with Gasteiger partial charge >= 0.3 is 0 Å². The van der Waals surface area contributed by atoms with Gasteiger partial charge in [-0.25, -0.2) is 0 Å². The van der Waals surface area contributed by atoms with Gasteiger partial charge in [-0.05, 0) is 61.1 Å². The molecule has 4 heteroatoms. The monoisotopic (exact) mass is 387 g/mol. The molecular weight excluding hydrogens is 384 g/mol. The van der Waals surface area contributed by atoms with Crippen molar-refractivity contribution in [1.82, 2.24) is 0 Å². The van der Waals surface area contributed by atoms with Gasteiger partial charge in [0.2, 0.25) is 0 Å². The van der Waals surface area contributed by atoms with Gasteiger partial charge < -0.3 is 5.73 Å². The fourth-order valence-corrected chi connectivity index (χ4v) is 0.459. The molecule has 7 heavy (non-hydrogen) atoms. The first-order valence-corrected chi connectivity index (χ1v) is 4.53. The maximum atomic E-state index is 5.27. The highest BCUT2D eigenvalue weighted by Gasteiger charge is 1.89. The molecule has 0 atom stereocenters. The van der Waals surface area contributed by atoms with E-state index in [0.29, 0.717) is 6.54 Å². The number of rotatable bonds is 1. The topological polar surface area (TPSA) is 26.0 Å². The number of hydrogen-bond acceptors (Lipinski definition) is 1. The predicted molar refractivity (Wildman–Crippen MR) is 53.0 cm³/mol. The zero-order valence-corrected chi connectivity index (χ0v) is 9.32. The summed E-state index contributed by atoms with van der Waals surface area (Å²) in [6, 6.07) is 0. The highest BCUT2D eigenvalue weighted by molar-refractivity contribution is 14.1. The lowest BCUT2D eigenvalue weighted by atomic mass is 10.7. The van der Waals surface area contributed by atoms with Crippen molar-refractivity contribution in [2.24, 2.45) is 5.73 Å². The lowest BCUT2D eigenvalue weighted by Crippen LogP contribution is -1.97. The van der Waals surface area contributed by atoms with Gasteiger partial charge in [0.15, 0.2) is 0 Å². The molecule has 0 heterocycles. The van der Waals surface area contributed by atoms with Crippen LogP contribution in [-0.4, -0.2) is 6.54 Å². The number of hydrogen-bond donors (Lipinski definition) is 1. The van der Waals surface area contributed by atoms with E-state index in [1.165, 1.54) is 3.58 Å². The highest BCUT2D eigenvalue weighted by Crippen LogP contribution is 2.22. The molecule has 0 aromatic heterocycles. The number of nitrogens with two attached hydrogens (primary N) is 1. The molecule has 2 N–H and O–H groups in total. The standard InChI is InChI=1S/C3H4BrI2N/c4-3(6)2(5)1-7/h1,7H2. The molecule has 0 fully saturated rings. The van der Waals surface area contributed by atoms with E-state index in [9.17, 15) is 0 Å². The van der Waals surface area contributed by atoms with Crippen LogP contribution in [0.4, 0.5) is 0 Å². The van der Waals surface area contributed by atoms with Crippen LogP contribution in [0.15, 0.2) is 6.07 Å². The van der Waals surface area contributed by atoms with Crippen molar-refractivity contribution < 1.29 is 0 Å². The Kier molecular flexibility index (Phi) is 5.57. The van der Waals surface area contributed by atoms with Crippen LogP contribution in [0.1, 0.15) is 0 Å². The Morgan fingerprint density at radius 1 is 1.57 bits per heavy atom. The van der Waals surface area contributed by atoms with Crippen LogP contribution >= 0.6 is 61.1 Å². The van der Waals surface area contributed by atoms with Gasteiger partial charge in [0.1, 0.15) is 0 Å². The van der Waals surface area contributed by atoms with Gasteiger partial charge in [0.25, 0.3) is 0 Å². The Bertz CT molecular complexity index is 86.9. The smallest absolute Gasteiger partial charge is 0.0664 e. The van der Waals surface area contributed by atoms with E-state index in [0.717, 1.165) is 2.49 Å². The van der Waals surface area contributed by atoms with Crippen molar-refractivity contribution in [3.63, 3.8) is 0 Å². The van der Waals surface area contributed by atoms with E-state index in [4.69, 9.17) is 5.73 Å². The minimum absolute atomic E-state index is 0.629. The summed E-state index contributed by atoms with van der Waals surface area (Å²) in [7, 11) is 0. The third-order valence-corrected chi connectivity index (χ3v) is 4.27. The highest BCUT2D eigenvalue weighted by atomic mass is 127. The summed E-state index contributed by atoms with van der Waals surface area (Å²) in [6.45, 7) is 0.629. The van der Waals surface area contributed by atoms with E-state index in [1.54, 1.807) is 0 Å². The van der Waals surface area contributed by atoms with Crippen molar-refractivity contribution in [3.05, 3.63) is 6.07 Å². The predicted octanol–water partition coefficient (Wildman–Crippen LogP) is 2.38. The molecule has 0 unspecified atom stereocenters. The van der Waals surface area contributed by atoms with Crippen LogP contribution in [0.2, 0.25) is 0 Å². The molecule has 0 aliphatic carbocycles. The molecule has 0 amide bonds. The molecule has 0 aliphatic rings. The normalized spacial score (nSPS) is 13.7. The molecule has 1 nitrogen and oxygen atoms in total. The lowest BCUT2D eigenvalue weighted by molar-refractivity contribution is 1.25. The molecule has 0 spiro atoms. The van der Waals surface area contributed by atoms with Crippen LogP contribution < -0.4 is 5.73 Å². The zero-order valence-electron chi connectivity index (χ0n) is 3.42. The third kappa shape index (κ3) is 4.16. The molecule has 0 aliphatic heterocycles. The summed E-state index contributed by atoms with van der Waals surface area (Å²) < 4.78 is 2.27. The summed E-state index contributed by atoms with van der Waals surface area (Å²) >= 11 is 7.65. The molecule has 0 aromatic carbocycles. The van der Waals surface area contributed by atoms with Crippen LogP contribution in [-0.2, 0) is 0 Å². The third-order valence-electron chi connectivity index (χ3n) is 0.384. The van der Waals surface area contributed by atoms with Crippen LogP contribution in [0.3, 0.4) is 0 Å². The molecule has 0 saturated carbocycles. The summed E-state index contributed by atoms with van der Waals surface area (Å²) in [4.78, 5) is 0. The van der Waals surface area contributed by atoms with E-state index < -0.39 is 0 Å². The average molecular weight is 388 g/mol. The maximum Gasteiger partial charge on any atom is 0.0664 e. The summed E-state index contributed by atoms with van der Waals surface area (Å²) in [5, 5.41) is 0. The van der Waals surface area contributed by atoms with E-state index in [2.05, 4.69) is 61.1 Å². The second kappa shape index (κ2) is 4.51. The zero-order chi connectivity index (χ0) is 5.86. The number of halogens is 3. The van der Waals surface area contributed by atoms with E-state index >= 15 is 0 Å². The quantitative estimate of drug-likeness (QED) is 0.687. The second-order valence-electron chi connectivity index (χ2n) is 0.869. The Morgan fingerprint density at radius 3 is 2.00 bits per heavy atom. The van der Waals surface area contributed by atoms with Gasteiger partial charge in [0.05, 0.1) is 2.49 Å². The van der Waals surface area contributed by atoms with Gasteiger partial charge in [-0.15, -0.1) is 0 Å². The maximum absolute atomic E-state index is 5.27. The lowest BCUT2D eigenvalue weighted by Gasteiger charge is -1.88. The average Bonchev–Trinajstić information content (AvgIpc) is 1.65. The second-order valence-corrected chi connectivity index (χ2v) is 5.53. The van der Waals surface area contributed by atoms with Crippen molar-refractivity contribution in [3.8, 4) is 0 Å². The fourth-order valence-electron chi connectivity index (χ4n) is 0.0772. The van der Waals surface area contributed by atoms with Crippen molar-refractivity contribution in [1.29, 1.82) is 0 Å². The summed E-state index contributed by atoms with van der Waals surface area (Å²) in [5.41, 5.74) is 5.27. The van der Waals surface area contributed by atoms with Gasteiger partial charge in [0, 0.05) is 10.1 Å².